The topological polar surface area (TPSA) is 73.9 Å². The molecule has 122 valence electrons. The molecule has 1 aromatic rings. The number of anilines is 1. The van der Waals surface area contributed by atoms with Crippen LogP contribution in [0.15, 0.2) is 0 Å². The van der Waals surface area contributed by atoms with Gasteiger partial charge in [-0.2, -0.15) is 4.98 Å². The number of nitrogens with one attached hydrogen (secondary N) is 2. The van der Waals surface area contributed by atoms with Gasteiger partial charge in [-0.1, -0.05) is 33.1 Å². The average Bonchev–Trinajstić information content (AvgIpc) is 3.17. The lowest BCUT2D eigenvalue weighted by molar-refractivity contribution is -0.119. The van der Waals surface area contributed by atoms with Crippen LogP contribution in [0.4, 0.5) is 5.95 Å². The van der Waals surface area contributed by atoms with Crippen LogP contribution in [0, 0.1) is 5.92 Å². The minimum absolute atomic E-state index is 0.0626. The first-order valence-corrected chi connectivity index (χ1v) is 8.60. The zero-order valence-electron chi connectivity index (χ0n) is 13.6. The van der Waals surface area contributed by atoms with Gasteiger partial charge >= 0.3 is 0 Å². The standard InChI is InChI=1S/C16H27N5O/c1-11(2)14-17-16(20-19-14)18-15(22)12-8-9-21(10-12)13-6-4-3-5-7-13/h11-13H,3-10H2,1-2H3,(H2,17,18,19,20,22). The predicted molar refractivity (Wildman–Crippen MR) is 85.7 cm³/mol. The van der Waals surface area contributed by atoms with E-state index in [0.29, 0.717) is 12.0 Å². The SMILES string of the molecule is CC(C)c1nc(NC(=O)C2CCN(C3CCCCC3)C2)n[nH]1. The fourth-order valence-corrected chi connectivity index (χ4v) is 3.58. The smallest absolute Gasteiger partial charge is 0.248 e. The fraction of sp³-hybridized carbons (Fsp3) is 0.812. The van der Waals surface area contributed by atoms with Crippen molar-refractivity contribution in [3.05, 3.63) is 5.82 Å². The summed E-state index contributed by atoms with van der Waals surface area (Å²) in [7, 11) is 0. The number of amides is 1. The van der Waals surface area contributed by atoms with Crippen LogP contribution in [0.3, 0.4) is 0 Å². The first kappa shape index (κ1) is 15.5. The zero-order valence-corrected chi connectivity index (χ0v) is 13.6. The van der Waals surface area contributed by atoms with Crippen molar-refractivity contribution in [2.75, 3.05) is 18.4 Å². The van der Waals surface area contributed by atoms with Crippen molar-refractivity contribution in [3.63, 3.8) is 0 Å². The summed E-state index contributed by atoms with van der Waals surface area (Å²) in [5.41, 5.74) is 0. The Morgan fingerprint density at radius 2 is 2.05 bits per heavy atom. The summed E-state index contributed by atoms with van der Waals surface area (Å²) >= 11 is 0. The lowest BCUT2D eigenvalue weighted by atomic mass is 9.94. The number of carbonyl (C=O) groups excluding carboxylic acids is 1. The maximum Gasteiger partial charge on any atom is 0.248 e. The van der Waals surface area contributed by atoms with E-state index in [0.717, 1.165) is 25.3 Å². The number of hydrogen-bond acceptors (Lipinski definition) is 4. The van der Waals surface area contributed by atoms with Crippen LogP contribution in [-0.2, 0) is 4.79 Å². The second kappa shape index (κ2) is 6.77. The number of nitrogens with zero attached hydrogens (tertiary/aromatic N) is 3. The van der Waals surface area contributed by atoms with E-state index in [1.54, 1.807) is 0 Å². The van der Waals surface area contributed by atoms with Gasteiger partial charge in [0.1, 0.15) is 5.82 Å². The number of aromatic nitrogens is 3. The highest BCUT2D eigenvalue weighted by molar-refractivity contribution is 5.91. The van der Waals surface area contributed by atoms with E-state index >= 15 is 0 Å². The van der Waals surface area contributed by atoms with Crippen molar-refractivity contribution in [1.82, 2.24) is 20.1 Å². The summed E-state index contributed by atoms with van der Waals surface area (Å²) in [4.78, 5) is 19.2. The van der Waals surface area contributed by atoms with Crippen molar-refractivity contribution in [1.29, 1.82) is 0 Å². The molecular formula is C16H27N5O. The molecule has 0 spiro atoms. The van der Waals surface area contributed by atoms with Gasteiger partial charge in [-0.25, -0.2) is 0 Å². The van der Waals surface area contributed by atoms with Gasteiger partial charge in [0, 0.05) is 18.5 Å². The van der Waals surface area contributed by atoms with E-state index in [9.17, 15) is 4.79 Å². The Morgan fingerprint density at radius 3 is 2.73 bits per heavy atom. The Labute approximate surface area is 132 Å². The monoisotopic (exact) mass is 305 g/mol. The van der Waals surface area contributed by atoms with Gasteiger partial charge in [-0.3, -0.25) is 20.1 Å². The second-order valence-electron chi connectivity index (χ2n) is 6.96. The van der Waals surface area contributed by atoms with E-state index in [4.69, 9.17) is 0 Å². The summed E-state index contributed by atoms with van der Waals surface area (Å²) in [6.45, 7) is 6.03. The molecule has 1 saturated heterocycles. The Morgan fingerprint density at radius 1 is 1.27 bits per heavy atom. The highest BCUT2D eigenvalue weighted by Crippen LogP contribution is 2.28. The van der Waals surface area contributed by atoms with E-state index in [1.165, 1.54) is 32.1 Å². The lowest BCUT2D eigenvalue weighted by Gasteiger charge is -2.30. The summed E-state index contributed by atoms with van der Waals surface area (Å²) in [6, 6.07) is 0.697. The Bertz CT molecular complexity index is 506. The van der Waals surface area contributed by atoms with E-state index < -0.39 is 0 Å². The van der Waals surface area contributed by atoms with Crippen molar-refractivity contribution in [2.24, 2.45) is 5.92 Å². The summed E-state index contributed by atoms with van der Waals surface area (Å²) in [5.74, 6) is 1.64. The molecule has 6 nitrogen and oxygen atoms in total. The molecule has 0 bridgehead atoms. The van der Waals surface area contributed by atoms with Crippen LogP contribution in [-0.4, -0.2) is 45.1 Å². The molecule has 2 heterocycles. The van der Waals surface area contributed by atoms with Gasteiger partial charge in [0.15, 0.2) is 0 Å². The number of hydrogen-bond donors (Lipinski definition) is 2. The van der Waals surface area contributed by atoms with Crippen LogP contribution < -0.4 is 5.32 Å². The molecule has 6 heteroatoms. The number of H-pyrrole nitrogens is 1. The van der Waals surface area contributed by atoms with E-state index in [-0.39, 0.29) is 17.7 Å². The third kappa shape index (κ3) is 3.48. The molecule has 3 rings (SSSR count). The third-order valence-corrected chi connectivity index (χ3v) is 4.97. The van der Waals surface area contributed by atoms with Crippen molar-refractivity contribution >= 4 is 11.9 Å². The lowest BCUT2D eigenvalue weighted by Crippen LogP contribution is -2.36. The minimum atomic E-state index is 0.0626. The number of aromatic amines is 1. The Balaban J connectivity index is 1.52. The van der Waals surface area contributed by atoms with E-state index in [2.05, 4.69) is 25.4 Å². The summed E-state index contributed by atoms with van der Waals surface area (Å²) in [6.07, 6.45) is 7.60. The van der Waals surface area contributed by atoms with Crippen LogP contribution in [0.5, 0.6) is 0 Å². The molecule has 1 amide bonds. The highest BCUT2D eigenvalue weighted by Gasteiger charge is 2.33. The molecule has 2 N–H and O–H groups in total. The van der Waals surface area contributed by atoms with Gasteiger partial charge in [0.25, 0.3) is 0 Å². The molecule has 1 unspecified atom stereocenters. The Kier molecular flexibility index (Phi) is 4.76. The number of rotatable bonds is 4. The zero-order chi connectivity index (χ0) is 15.5. The summed E-state index contributed by atoms with van der Waals surface area (Å²) in [5, 5.41) is 9.81. The quantitative estimate of drug-likeness (QED) is 0.896. The number of carbonyl (C=O) groups is 1. The number of likely N-dealkylation sites (tertiary alicyclic amines) is 1. The van der Waals surface area contributed by atoms with Crippen LogP contribution in [0.25, 0.3) is 0 Å². The predicted octanol–water partition coefficient (Wildman–Crippen LogP) is 2.52. The molecule has 0 radical (unpaired) electrons. The van der Waals surface area contributed by atoms with Crippen molar-refractivity contribution in [2.45, 2.75) is 64.3 Å². The van der Waals surface area contributed by atoms with Gasteiger partial charge < -0.3 is 0 Å². The maximum absolute atomic E-state index is 12.4. The molecule has 1 aliphatic heterocycles. The third-order valence-electron chi connectivity index (χ3n) is 4.97. The molecule has 1 atom stereocenters. The molecule has 1 saturated carbocycles. The van der Waals surface area contributed by atoms with Crippen LogP contribution in [0.2, 0.25) is 0 Å². The second-order valence-corrected chi connectivity index (χ2v) is 6.96. The normalized spacial score (nSPS) is 24.0. The largest absolute Gasteiger partial charge is 0.300 e. The van der Waals surface area contributed by atoms with E-state index in [1.807, 2.05) is 13.8 Å². The molecule has 1 aromatic heterocycles. The van der Waals surface area contributed by atoms with Crippen molar-refractivity contribution in [3.8, 4) is 0 Å². The fourth-order valence-electron chi connectivity index (χ4n) is 3.58. The van der Waals surface area contributed by atoms with Gasteiger partial charge in [0.2, 0.25) is 11.9 Å². The van der Waals surface area contributed by atoms with Gasteiger partial charge in [0.05, 0.1) is 5.92 Å². The first-order valence-electron chi connectivity index (χ1n) is 8.60. The average molecular weight is 305 g/mol. The minimum Gasteiger partial charge on any atom is -0.300 e. The molecule has 0 aromatic carbocycles. The first-order chi connectivity index (χ1) is 10.6. The molecular weight excluding hydrogens is 278 g/mol. The molecule has 2 aliphatic rings. The molecule has 2 fully saturated rings. The summed E-state index contributed by atoms with van der Waals surface area (Å²) < 4.78 is 0. The molecule has 22 heavy (non-hydrogen) atoms. The van der Waals surface area contributed by atoms with Gasteiger partial charge in [-0.05, 0) is 25.8 Å². The van der Waals surface area contributed by atoms with Crippen LogP contribution >= 0.6 is 0 Å². The maximum atomic E-state index is 12.4. The van der Waals surface area contributed by atoms with Gasteiger partial charge in [-0.15, -0.1) is 5.10 Å². The van der Waals surface area contributed by atoms with Crippen molar-refractivity contribution < 1.29 is 4.79 Å². The van der Waals surface area contributed by atoms with Crippen LogP contribution in [0.1, 0.15) is 64.1 Å². The molecule has 1 aliphatic carbocycles. The Hall–Kier alpha value is -1.43. The highest BCUT2D eigenvalue weighted by atomic mass is 16.2.